The summed E-state index contributed by atoms with van der Waals surface area (Å²) in [6.07, 6.45) is 0. The SMILES string of the molecule is Cc1cc(CN)nc(N2CCNC(=O)C2C)n1. The lowest BCUT2D eigenvalue weighted by Crippen LogP contribution is -2.54. The molecule has 1 amide bonds. The Kier molecular flexibility index (Phi) is 3.23. The summed E-state index contributed by atoms with van der Waals surface area (Å²) in [7, 11) is 0. The molecule has 6 heteroatoms. The zero-order valence-electron chi connectivity index (χ0n) is 10.1. The number of aryl methyl sites for hydroxylation is 1. The third kappa shape index (κ3) is 2.36. The summed E-state index contributed by atoms with van der Waals surface area (Å²) in [5.41, 5.74) is 7.26. The average molecular weight is 235 g/mol. The number of nitrogens with one attached hydrogen (secondary N) is 1. The third-order valence-corrected chi connectivity index (χ3v) is 2.86. The van der Waals surface area contributed by atoms with E-state index in [0.717, 1.165) is 17.9 Å². The molecular formula is C11H17N5O. The number of amides is 1. The first kappa shape index (κ1) is 11.8. The van der Waals surface area contributed by atoms with E-state index < -0.39 is 0 Å². The molecule has 92 valence electrons. The van der Waals surface area contributed by atoms with Crippen molar-refractivity contribution in [3.63, 3.8) is 0 Å². The first-order valence-electron chi connectivity index (χ1n) is 5.71. The lowest BCUT2D eigenvalue weighted by atomic mass is 10.2. The zero-order valence-corrected chi connectivity index (χ0v) is 10.1. The van der Waals surface area contributed by atoms with Crippen LogP contribution in [0.3, 0.4) is 0 Å². The van der Waals surface area contributed by atoms with Crippen LogP contribution in [0.15, 0.2) is 6.07 Å². The number of aromatic nitrogens is 2. The predicted octanol–water partition coefficient (Wildman–Crippen LogP) is -0.432. The molecule has 2 heterocycles. The largest absolute Gasteiger partial charge is 0.353 e. The number of anilines is 1. The van der Waals surface area contributed by atoms with E-state index in [1.165, 1.54) is 0 Å². The van der Waals surface area contributed by atoms with Gasteiger partial charge >= 0.3 is 0 Å². The van der Waals surface area contributed by atoms with Gasteiger partial charge in [-0.3, -0.25) is 4.79 Å². The van der Waals surface area contributed by atoms with Crippen LogP contribution in [-0.2, 0) is 11.3 Å². The minimum Gasteiger partial charge on any atom is -0.353 e. The van der Waals surface area contributed by atoms with Crippen LogP contribution in [-0.4, -0.2) is 35.0 Å². The summed E-state index contributed by atoms with van der Waals surface area (Å²) in [6.45, 7) is 5.48. The molecule has 1 unspecified atom stereocenters. The summed E-state index contributed by atoms with van der Waals surface area (Å²) in [5.74, 6) is 0.600. The maximum absolute atomic E-state index is 11.6. The van der Waals surface area contributed by atoms with Crippen molar-refractivity contribution in [2.45, 2.75) is 26.4 Å². The zero-order chi connectivity index (χ0) is 12.4. The summed E-state index contributed by atoms with van der Waals surface area (Å²) >= 11 is 0. The molecule has 2 rings (SSSR count). The number of rotatable bonds is 2. The van der Waals surface area contributed by atoms with Gasteiger partial charge < -0.3 is 16.0 Å². The summed E-state index contributed by atoms with van der Waals surface area (Å²) in [4.78, 5) is 22.2. The van der Waals surface area contributed by atoms with Crippen LogP contribution in [0.2, 0.25) is 0 Å². The van der Waals surface area contributed by atoms with Gasteiger partial charge in [0.15, 0.2) is 0 Å². The highest BCUT2D eigenvalue weighted by Gasteiger charge is 2.27. The van der Waals surface area contributed by atoms with Crippen molar-refractivity contribution >= 4 is 11.9 Å². The molecule has 0 radical (unpaired) electrons. The smallest absolute Gasteiger partial charge is 0.242 e. The number of nitrogens with two attached hydrogens (primary N) is 1. The molecule has 0 bridgehead atoms. The normalized spacial score (nSPS) is 20.3. The fraction of sp³-hybridized carbons (Fsp3) is 0.545. The number of nitrogens with zero attached hydrogens (tertiary/aromatic N) is 3. The van der Waals surface area contributed by atoms with Crippen LogP contribution in [0, 0.1) is 6.92 Å². The molecule has 0 saturated carbocycles. The number of hydrogen-bond donors (Lipinski definition) is 2. The average Bonchev–Trinajstić information content (AvgIpc) is 2.31. The predicted molar refractivity (Wildman–Crippen MR) is 64.5 cm³/mol. The lowest BCUT2D eigenvalue weighted by molar-refractivity contribution is -0.122. The van der Waals surface area contributed by atoms with E-state index in [1.807, 2.05) is 24.8 Å². The van der Waals surface area contributed by atoms with Gasteiger partial charge in [0.2, 0.25) is 11.9 Å². The lowest BCUT2D eigenvalue weighted by Gasteiger charge is -2.33. The van der Waals surface area contributed by atoms with Gasteiger partial charge in [0.25, 0.3) is 0 Å². The maximum atomic E-state index is 11.6. The van der Waals surface area contributed by atoms with Crippen molar-refractivity contribution in [2.75, 3.05) is 18.0 Å². The Bertz CT molecular complexity index is 434. The molecule has 0 aromatic carbocycles. The van der Waals surface area contributed by atoms with Crippen LogP contribution < -0.4 is 16.0 Å². The van der Waals surface area contributed by atoms with Gasteiger partial charge in [-0.05, 0) is 19.9 Å². The number of piperazine rings is 1. The molecule has 1 aromatic rings. The molecule has 17 heavy (non-hydrogen) atoms. The van der Waals surface area contributed by atoms with Crippen molar-refractivity contribution in [2.24, 2.45) is 5.73 Å². The Labute approximate surface area is 100 Å². The molecule has 1 aliphatic heterocycles. The molecule has 1 aliphatic rings. The number of carbonyl (C=O) groups excluding carboxylic acids is 1. The maximum Gasteiger partial charge on any atom is 0.242 e. The Morgan fingerprint density at radius 3 is 3.06 bits per heavy atom. The second kappa shape index (κ2) is 4.67. The second-order valence-corrected chi connectivity index (χ2v) is 4.17. The van der Waals surface area contributed by atoms with E-state index in [9.17, 15) is 4.79 Å². The van der Waals surface area contributed by atoms with Gasteiger partial charge in [0.1, 0.15) is 6.04 Å². The van der Waals surface area contributed by atoms with Crippen LogP contribution in [0.25, 0.3) is 0 Å². The first-order valence-corrected chi connectivity index (χ1v) is 5.71. The Hall–Kier alpha value is -1.69. The number of hydrogen-bond acceptors (Lipinski definition) is 5. The van der Waals surface area contributed by atoms with Gasteiger partial charge in [-0.25, -0.2) is 9.97 Å². The Morgan fingerprint density at radius 2 is 2.35 bits per heavy atom. The molecular weight excluding hydrogens is 218 g/mol. The van der Waals surface area contributed by atoms with E-state index in [1.54, 1.807) is 0 Å². The van der Waals surface area contributed by atoms with E-state index >= 15 is 0 Å². The fourth-order valence-electron chi connectivity index (χ4n) is 1.91. The molecule has 3 N–H and O–H groups in total. The van der Waals surface area contributed by atoms with Gasteiger partial charge in [-0.2, -0.15) is 0 Å². The van der Waals surface area contributed by atoms with E-state index in [0.29, 0.717) is 19.0 Å². The van der Waals surface area contributed by atoms with Gasteiger partial charge in [-0.1, -0.05) is 0 Å². The van der Waals surface area contributed by atoms with E-state index in [4.69, 9.17) is 5.73 Å². The molecule has 0 spiro atoms. The summed E-state index contributed by atoms with van der Waals surface area (Å²) in [6, 6.07) is 1.62. The molecule has 6 nitrogen and oxygen atoms in total. The van der Waals surface area contributed by atoms with Crippen LogP contribution >= 0.6 is 0 Å². The van der Waals surface area contributed by atoms with Crippen molar-refractivity contribution in [1.82, 2.24) is 15.3 Å². The number of carbonyl (C=O) groups is 1. The second-order valence-electron chi connectivity index (χ2n) is 4.17. The Morgan fingerprint density at radius 1 is 1.59 bits per heavy atom. The molecule has 1 atom stereocenters. The molecule has 1 fully saturated rings. The topological polar surface area (TPSA) is 84.1 Å². The van der Waals surface area contributed by atoms with E-state index in [2.05, 4.69) is 15.3 Å². The summed E-state index contributed by atoms with van der Waals surface area (Å²) in [5, 5.41) is 2.81. The molecule has 1 saturated heterocycles. The molecule has 0 aliphatic carbocycles. The van der Waals surface area contributed by atoms with Gasteiger partial charge in [0, 0.05) is 25.3 Å². The molecule has 1 aromatic heterocycles. The highest BCUT2D eigenvalue weighted by atomic mass is 16.2. The Balaban J connectivity index is 2.32. The third-order valence-electron chi connectivity index (χ3n) is 2.86. The highest BCUT2D eigenvalue weighted by molar-refractivity contribution is 5.85. The van der Waals surface area contributed by atoms with Crippen LogP contribution in [0.1, 0.15) is 18.3 Å². The quantitative estimate of drug-likeness (QED) is 0.726. The van der Waals surface area contributed by atoms with Gasteiger partial charge in [0.05, 0.1) is 5.69 Å². The van der Waals surface area contributed by atoms with Gasteiger partial charge in [-0.15, -0.1) is 0 Å². The van der Waals surface area contributed by atoms with Crippen molar-refractivity contribution in [1.29, 1.82) is 0 Å². The fourth-order valence-corrected chi connectivity index (χ4v) is 1.91. The van der Waals surface area contributed by atoms with Crippen molar-refractivity contribution in [3.05, 3.63) is 17.5 Å². The minimum atomic E-state index is -0.240. The monoisotopic (exact) mass is 235 g/mol. The van der Waals surface area contributed by atoms with E-state index in [-0.39, 0.29) is 11.9 Å². The first-order chi connectivity index (χ1) is 8.11. The van der Waals surface area contributed by atoms with Crippen molar-refractivity contribution in [3.8, 4) is 0 Å². The van der Waals surface area contributed by atoms with Crippen LogP contribution in [0.4, 0.5) is 5.95 Å². The van der Waals surface area contributed by atoms with Crippen LogP contribution in [0.5, 0.6) is 0 Å². The minimum absolute atomic E-state index is 0.00987. The van der Waals surface area contributed by atoms with Crippen molar-refractivity contribution < 1.29 is 4.79 Å². The standard InChI is InChI=1S/C11H17N5O/c1-7-5-9(6-12)15-11(14-7)16-4-3-13-10(17)8(16)2/h5,8H,3-4,6,12H2,1-2H3,(H,13,17). The summed E-state index contributed by atoms with van der Waals surface area (Å²) < 4.78 is 0. The highest BCUT2D eigenvalue weighted by Crippen LogP contribution is 2.15.